The third-order valence-corrected chi connectivity index (χ3v) is 4.21. The molecule has 7 heteroatoms. The fraction of sp³-hybridized carbons (Fsp3) is 0.263. The van der Waals surface area contributed by atoms with E-state index in [9.17, 15) is 4.79 Å². The minimum absolute atomic E-state index is 0.00302. The first-order valence-corrected chi connectivity index (χ1v) is 8.34. The molecule has 5 N–H and O–H groups in total. The first-order chi connectivity index (χ1) is 12.5. The van der Waals surface area contributed by atoms with E-state index < -0.39 is 0 Å². The summed E-state index contributed by atoms with van der Waals surface area (Å²) < 4.78 is 11.0. The molecule has 0 aromatic heterocycles. The van der Waals surface area contributed by atoms with E-state index in [2.05, 4.69) is 10.6 Å². The quantitative estimate of drug-likeness (QED) is 0.466. The van der Waals surface area contributed by atoms with Crippen molar-refractivity contribution in [1.82, 2.24) is 5.32 Å². The van der Waals surface area contributed by atoms with Gasteiger partial charge in [-0.25, -0.2) is 0 Å². The number of nitrogen functional groups attached to an aromatic ring is 1. The molecule has 0 aliphatic carbocycles. The van der Waals surface area contributed by atoms with Gasteiger partial charge in [-0.15, -0.1) is 0 Å². The Bertz CT molecular complexity index is 792. The molecule has 1 heterocycles. The van der Waals surface area contributed by atoms with Gasteiger partial charge in [-0.1, -0.05) is 12.1 Å². The molecule has 0 saturated carbocycles. The molecule has 1 fully saturated rings. The van der Waals surface area contributed by atoms with Crippen molar-refractivity contribution in [3.8, 4) is 11.5 Å². The summed E-state index contributed by atoms with van der Waals surface area (Å²) >= 11 is 0. The second kappa shape index (κ2) is 7.88. The molecular formula is C19H22N4O3. The number of methoxy groups -OCH3 is 1. The van der Waals surface area contributed by atoms with E-state index >= 15 is 0 Å². The maximum Gasteiger partial charge on any atom is 0.241 e. The predicted molar refractivity (Wildman–Crippen MR) is 99.9 cm³/mol. The fourth-order valence-electron chi connectivity index (χ4n) is 2.83. The van der Waals surface area contributed by atoms with Crippen LogP contribution in [0.15, 0.2) is 48.5 Å². The Hall–Kier alpha value is -3.06. The molecule has 0 bridgehead atoms. The van der Waals surface area contributed by atoms with Crippen molar-refractivity contribution in [3.63, 3.8) is 0 Å². The van der Waals surface area contributed by atoms with Crippen LogP contribution < -0.4 is 25.8 Å². The average molecular weight is 354 g/mol. The number of benzene rings is 2. The summed E-state index contributed by atoms with van der Waals surface area (Å²) in [6.07, 6.45) is 0.440. The molecule has 1 saturated heterocycles. The molecule has 1 amide bonds. The molecule has 0 radical (unpaired) electrons. The molecule has 7 nitrogen and oxygen atoms in total. The fourth-order valence-corrected chi connectivity index (χ4v) is 2.83. The number of nitrogens with two attached hydrogens (primary N) is 1. The van der Waals surface area contributed by atoms with E-state index in [0.29, 0.717) is 24.3 Å². The highest BCUT2D eigenvalue weighted by Crippen LogP contribution is 2.20. The first-order valence-electron chi connectivity index (χ1n) is 8.34. The zero-order valence-electron chi connectivity index (χ0n) is 14.5. The second-order valence-electron chi connectivity index (χ2n) is 6.10. The molecule has 1 aliphatic heterocycles. The van der Waals surface area contributed by atoms with Crippen LogP contribution in [0.5, 0.6) is 11.5 Å². The van der Waals surface area contributed by atoms with Gasteiger partial charge >= 0.3 is 0 Å². The molecule has 0 unspecified atom stereocenters. The van der Waals surface area contributed by atoms with Crippen molar-refractivity contribution in [2.24, 2.45) is 5.73 Å². The first kappa shape index (κ1) is 17.8. The minimum atomic E-state index is -0.321. The van der Waals surface area contributed by atoms with E-state index in [1.54, 1.807) is 49.6 Å². The van der Waals surface area contributed by atoms with Crippen LogP contribution in [0.4, 0.5) is 5.69 Å². The SMILES string of the molecule is COc1ccc(NC(=O)[C@@H]2C[C@@H](Oc3cccc(C(=N)N)c3)CN2)cc1. The van der Waals surface area contributed by atoms with Gasteiger partial charge in [-0.05, 0) is 36.4 Å². The Morgan fingerprint density at radius 3 is 2.69 bits per heavy atom. The largest absolute Gasteiger partial charge is 0.497 e. The van der Waals surface area contributed by atoms with Crippen molar-refractivity contribution in [1.29, 1.82) is 5.41 Å². The maximum absolute atomic E-state index is 12.4. The molecule has 26 heavy (non-hydrogen) atoms. The van der Waals surface area contributed by atoms with Gasteiger partial charge in [-0.3, -0.25) is 10.2 Å². The summed E-state index contributed by atoms with van der Waals surface area (Å²) in [7, 11) is 1.60. The van der Waals surface area contributed by atoms with E-state index in [1.165, 1.54) is 0 Å². The molecule has 2 atom stereocenters. The van der Waals surface area contributed by atoms with Crippen molar-refractivity contribution >= 4 is 17.4 Å². The zero-order valence-corrected chi connectivity index (χ0v) is 14.5. The summed E-state index contributed by atoms with van der Waals surface area (Å²) in [5, 5.41) is 13.6. The number of amidine groups is 1. The van der Waals surface area contributed by atoms with Crippen LogP contribution in [0.2, 0.25) is 0 Å². The van der Waals surface area contributed by atoms with Gasteiger partial charge < -0.3 is 25.8 Å². The number of amides is 1. The van der Waals surface area contributed by atoms with Crippen molar-refractivity contribution < 1.29 is 14.3 Å². The van der Waals surface area contributed by atoms with Gasteiger partial charge in [0.25, 0.3) is 0 Å². The molecular weight excluding hydrogens is 332 g/mol. The Kier molecular flexibility index (Phi) is 5.38. The highest BCUT2D eigenvalue weighted by Gasteiger charge is 2.30. The monoisotopic (exact) mass is 354 g/mol. The number of hydrogen-bond acceptors (Lipinski definition) is 5. The van der Waals surface area contributed by atoms with Crippen LogP contribution in [0.3, 0.4) is 0 Å². The summed E-state index contributed by atoms with van der Waals surface area (Å²) in [4.78, 5) is 12.4. The van der Waals surface area contributed by atoms with E-state index in [-0.39, 0.29) is 23.9 Å². The summed E-state index contributed by atoms with van der Waals surface area (Å²) in [6.45, 7) is 0.574. The Morgan fingerprint density at radius 1 is 1.23 bits per heavy atom. The summed E-state index contributed by atoms with van der Waals surface area (Å²) in [6, 6.07) is 14.0. The molecule has 2 aromatic rings. The molecule has 1 aliphatic rings. The number of ether oxygens (including phenoxy) is 2. The lowest BCUT2D eigenvalue weighted by Crippen LogP contribution is -2.35. The number of nitrogens with one attached hydrogen (secondary N) is 3. The smallest absolute Gasteiger partial charge is 0.241 e. The van der Waals surface area contributed by atoms with Gasteiger partial charge in [-0.2, -0.15) is 0 Å². The van der Waals surface area contributed by atoms with Crippen LogP contribution in [-0.4, -0.2) is 37.5 Å². The summed E-state index contributed by atoms with van der Waals surface area (Å²) in [5.41, 5.74) is 6.83. The van der Waals surface area contributed by atoms with Crippen LogP contribution in [-0.2, 0) is 4.79 Å². The average Bonchev–Trinajstić information content (AvgIpc) is 3.11. The van der Waals surface area contributed by atoms with Crippen molar-refractivity contribution in [3.05, 3.63) is 54.1 Å². The van der Waals surface area contributed by atoms with Gasteiger partial charge in [0.15, 0.2) is 0 Å². The third-order valence-electron chi connectivity index (χ3n) is 4.21. The minimum Gasteiger partial charge on any atom is -0.497 e. The lowest BCUT2D eigenvalue weighted by molar-refractivity contribution is -0.117. The van der Waals surface area contributed by atoms with Crippen LogP contribution >= 0.6 is 0 Å². The van der Waals surface area contributed by atoms with Crippen LogP contribution in [0.25, 0.3) is 0 Å². The number of rotatable bonds is 6. The van der Waals surface area contributed by atoms with Gasteiger partial charge in [0.05, 0.1) is 13.2 Å². The number of hydrogen-bond donors (Lipinski definition) is 4. The summed E-state index contributed by atoms with van der Waals surface area (Å²) in [5.74, 6) is 1.28. The second-order valence-corrected chi connectivity index (χ2v) is 6.10. The Balaban J connectivity index is 1.55. The Morgan fingerprint density at radius 2 is 2.00 bits per heavy atom. The Labute approximate surface area is 152 Å². The van der Waals surface area contributed by atoms with E-state index in [4.69, 9.17) is 20.6 Å². The third kappa shape index (κ3) is 4.31. The van der Waals surface area contributed by atoms with Gasteiger partial charge in [0, 0.05) is 24.2 Å². The number of anilines is 1. The lowest BCUT2D eigenvalue weighted by atomic mass is 10.1. The van der Waals surface area contributed by atoms with Crippen molar-refractivity contribution in [2.45, 2.75) is 18.6 Å². The van der Waals surface area contributed by atoms with Gasteiger partial charge in [0.1, 0.15) is 23.4 Å². The normalized spacial score (nSPS) is 19.0. The lowest BCUT2D eigenvalue weighted by Gasteiger charge is -2.14. The maximum atomic E-state index is 12.4. The molecule has 3 rings (SSSR count). The predicted octanol–water partition coefficient (Wildman–Crippen LogP) is 1.73. The van der Waals surface area contributed by atoms with Crippen LogP contribution in [0.1, 0.15) is 12.0 Å². The standard InChI is InChI=1S/C19H22N4O3/c1-25-14-7-5-13(6-8-14)23-19(24)17-10-16(11-22-17)26-15-4-2-3-12(9-15)18(20)21/h2-9,16-17,22H,10-11H2,1H3,(H3,20,21)(H,23,24)/t16-,17+/m1/s1. The number of carbonyl (C=O) groups excluding carboxylic acids is 1. The topological polar surface area (TPSA) is 109 Å². The highest BCUT2D eigenvalue weighted by molar-refractivity contribution is 5.95. The molecule has 136 valence electrons. The highest BCUT2D eigenvalue weighted by atomic mass is 16.5. The van der Waals surface area contributed by atoms with E-state index in [1.807, 2.05) is 6.07 Å². The zero-order chi connectivity index (χ0) is 18.5. The number of carbonyl (C=O) groups is 1. The van der Waals surface area contributed by atoms with Gasteiger partial charge in [0.2, 0.25) is 5.91 Å². The molecule has 0 spiro atoms. The molecule has 2 aromatic carbocycles. The van der Waals surface area contributed by atoms with E-state index in [0.717, 1.165) is 11.4 Å². The van der Waals surface area contributed by atoms with Crippen LogP contribution in [0, 0.1) is 5.41 Å². The van der Waals surface area contributed by atoms with Crippen molar-refractivity contribution in [2.75, 3.05) is 19.0 Å².